The molecular weight excluding hydrogens is 355 g/mol. The smallest absolute Gasteiger partial charge is 0.481 e. The van der Waals surface area contributed by atoms with E-state index < -0.39 is 24.7 Å². The highest BCUT2D eigenvalue weighted by Gasteiger charge is 2.31. The number of hydrogen-bond acceptors (Lipinski definition) is 4. The maximum atomic E-state index is 12.6. The van der Waals surface area contributed by atoms with Gasteiger partial charge >= 0.3 is 12.3 Å². The normalized spacial score (nSPS) is 11.3. The van der Waals surface area contributed by atoms with E-state index in [1.807, 2.05) is 0 Å². The summed E-state index contributed by atoms with van der Waals surface area (Å²) in [5.41, 5.74) is 1.04. The lowest BCUT2D eigenvalue weighted by Crippen LogP contribution is -2.27. The van der Waals surface area contributed by atoms with E-state index in [-0.39, 0.29) is 23.6 Å². The van der Waals surface area contributed by atoms with Gasteiger partial charge in [-0.15, -0.1) is 13.2 Å². The molecule has 1 aromatic carbocycles. The zero-order chi connectivity index (χ0) is 19.5. The average Bonchev–Trinajstić information content (AvgIpc) is 2.85. The second-order valence-corrected chi connectivity index (χ2v) is 5.64. The Kier molecular flexibility index (Phi) is 5.59. The molecule has 140 valence electrons. The molecule has 0 saturated carbocycles. The van der Waals surface area contributed by atoms with Crippen LogP contribution in [0.1, 0.15) is 27.2 Å². The van der Waals surface area contributed by atoms with Crippen LogP contribution < -0.4 is 4.74 Å². The van der Waals surface area contributed by atoms with Crippen molar-refractivity contribution in [3.8, 4) is 5.75 Å². The minimum absolute atomic E-state index is 0.00498. The Balaban J connectivity index is 2.17. The molecule has 6 nitrogen and oxygen atoms in total. The summed E-state index contributed by atoms with van der Waals surface area (Å²) in [7, 11) is 1.45. The number of halogens is 3. The van der Waals surface area contributed by atoms with Gasteiger partial charge in [0.25, 0.3) is 5.91 Å². The van der Waals surface area contributed by atoms with Crippen molar-refractivity contribution in [1.29, 1.82) is 0 Å². The Morgan fingerprint density at radius 2 is 2.00 bits per heavy atom. The third-order valence-corrected chi connectivity index (χ3v) is 3.48. The van der Waals surface area contributed by atoms with Gasteiger partial charge < -0.3 is 19.2 Å². The standard InChI is InChI=1S/C17H16F3NO5/c1-10-9-25-13(7-14(22)23)15(10)16(24)21(2)8-11-4-3-5-12(6-11)26-17(18,19)20/h3-6,9H,7-8H2,1-2H3,(H,22,23). The maximum absolute atomic E-state index is 12.6. The predicted octanol–water partition coefficient (Wildman–Crippen LogP) is 3.39. The SMILES string of the molecule is Cc1coc(CC(=O)O)c1C(=O)N(C)Cc1cccc(OC(F)(F)F)c1. The van der Waals surface area contributed by atoms with Crippen LogP contribution in [0.15, 0.2) is 34.9 Å². The topological polar surface area (TPSA) is 80.0 Å². The second-order valence-electron chi connectivity index (χ2n) is 5.64. The van der Waals surface area contributed by atoms with Gasteiger partial charge in [0.2, 0.25) is 0 Å². The number of furan rings is 1. The molecule has 0 spiro atoms. The van der Waals surface area contributed by atoms with E-state index in [0.29, 0.717) is 11.1 Å². The number of alkyl halides is 3. The molecule has 0 aliphatic carbocycles. The lowest BCUT2D eigenvalue weighted by Gasteiger charge is -2.18. The fraction of sp³-hybridized carbons (Fsp3) is 0.294. The van der Waals surface area contributed by atoms with Crippen molar-refractivity contribution >= 4 is 11.9 Å². The van der Waals surface area contributed by atoms with E-state index in [4.69, 9.17) is 9.52 Å². The number of amides is 1. The number of aliphatic carboxylic acids is 1. The highest BCUT2D eigenvalue weighted by atomic mass is 19.4. The number of ether oxygens (including phenoxy) is 1. The first-order valence-electron chi connectivity index (χ1n) is 7.45. The minimum Gasteiger partial charge on any atom is -0.481 e. The molecule has 1 N–H and O–H groups in total. The van der Waals surface area contributed by atoms with Gasteiger partial charge in [-0.25, -0.2) is 0 Å². The van der Waals surface area contributed by atoms with Crippen LogP contribution in [-0.2, 0) is 17.8 Å². The van der Waals surface area contributed by atoms with Crippen LogP contribution in [0.4, 0.5) is 13.2 Å². The monoisotopic (exact) mass is 371 g/mol. The van der Waals surface area contributed by atoms with Gasteiger partial charge in [0.1, 0.15) is 17.9 Å². The first-order chi connectivity index (χ1) is 12.1. The van der Waals surface area contributed by atoms with Gasteiger partial charge in [-0.2, -0.15) is 0 Å². The summed E-state index contributed by atoms with van der Waals surface area (Å²) in [6.45, 7) is 1.61. The lowest BCUT2D eigenvalue weighted by atomic mass is 10.1. The molecule has 0 aliphatic rings. The predicted molar refractivity (Wildman–Crippen MR) is 83.7 cm³/mol. The van der Waals surface area contributed by atoms with Crippen molar-refractivity contribution in [3.05, 3.63) is 53.0 Å². The van der Waals surface area contributed by atoms with Crippen molar-refractivity contribution in [2.75, 3.05) is 7.05 Å². The fourth-order valence-electron chi connectivity index (χ4n) is 2.43. The van der Waals surface area contributed by atoms with Gasteiger partial charge in [0.15, 0.2) is 0 Å². The van der Waals surface area contributed by atoms with E-state index in [1.54, 1.807) is 13.0 Å². The maximum Gasteiger partial charge on any atom is 0.573 e. The number of carbonyl (C=O) groups is 2. The van der Waals surface area contributed by atoms with Crippen LogP contribution in [0, 0.1) is 6.92 Å². The first-order valence-corrected chi connectivity index (χ1v) is 7.45. The Morgan fingerprint density at radius 1 is 1.31 bits per heavy atom. The van der Waals surface area contributed by atoms with Gasteiger partial charge in [-0.1, -0.05) is 12.1 Å². The van der Waals surface area contributed by atoms with Crippen molar-refractivity contribution < 1.29 is 37.0 Å². The second kappa shape index (κ2) is 7.51. The molecular formula is C17H16F3NO5. The molecule has 2 aromatic rings. The lowest BCUT2D eigenvalue weighted by molar-refractivity contribution is -0.274. The Labute approximate surface area is 146 Å². The van der Waals surface area contributed by atoms with Crippen molar-refractivity contribution in [1.82, 2.24) is 4.90 Å². The van der Waals surface area contributed by atoms with E-state index in [9.17, 15) is 22.8 Å². The van der Waals surface area contributed by atoms with Gasteiger partial charge in [0.05, 0.1) is 11.8 Å². The molecule has 1 amide bonds. The number of carboxylic acids is 1. The Hall–Kier alpha value is -2.97. The molecule has 0 bridgehead atoms. The third kappa shape index (κ3) is 5.01. The summed E-state index contributed by atoms with van der Waals surface area (Å²) in [5.74, 6) is -1.99. The summed E-state index contributed by atoms with van der Waals surface area (Å²) in [6.07, 6.45) is -3.96. The molecule has 26 heavy (non-hydrogen) atoms. The number of aryl methyl sites for hydroxylation is 1. The van der Waals surface area contributed by atoms with Crippen LogP contribution in [0.3, 0.4) is 0 Å². The van der Waals surface area contributed by atoms with E-state index in [0.717, 1.165) is 6.07 Å². The summed E-state index contributed by atoms with van der Waals surface area (Å²) in [5, 5.41) is 8.89. The minimum atomic E-state index is -4.81. The molecule has 0 unspecified atom stereocenters. The fourth-order valence-corrected chi connectivity index (χ4v) is 2.43. The molecule has 2 rings (SSSR count). The zero-order valence-corrected chi connectivity index (χ0v) is 14.0. The van der Waals surface area contributed by atoms with E-state index in [2.05, 4.69) is 4.74 Å². The summed E-state index contributed by atoms with van der Waals surface area (Å²) >= 11 is 0. The van der Waals surface area contributed by atoms with E-state index >= 15 is 0 Å². The molecule has 9 heteroatoms. The largest absolute Gasteiger partial charge is 0.573 e. The zero-order valence-electron chi connectivity index (χ0n) is 14.0. The molecule has 0 radical (unpaired) electrons. The van der Waals surface area contributed by atoms with Crippen LogP contribution in [0.25, 0.3) is 0 Å². The first kappa shape index (κ1) is 19.4. The summed E-state index contributed by atoms with van der Waals surface area (Å²) in [4.78, 5) is 24.7. The molecule has 0 atom stereocenters. The quantitative estimate of drug-likeness (QED) is 0.842. The van der Waals surface area contributed by atoms with E-state index in [1.165, 1.54) is 30.3 Å². The van der Waals surface area contributed by atoms with Crippen molar-refractivity contribution in [2.24, 2.45) is 0 Å². The van der Waals surface area contributed by atoms with Crippen molar-refractivity contribution in [3.63, 3.8) is 0 Å². The number of rotatable bonds is 6. The molecule has 0 fully saturated rings. The number of hydrogen-bond donors (Lipinski definition) is 1. The van der Waals surface area contributed by atoms with Crippen LogP contribution in [0.5, 0.6) is 5.75 Å². The molecule has 0 saturated heterocycles. The number of carbonyl (C=O) groups excluding carboxylic acids is 1. The van der Waals surface area contributed by atoms with Gasteiger partial charge in [0, 0.05) is 19.2 Å². The summed E-state index contributed by atoms with van der Waals surface area (Å²) < 4.78 is 45.9. The number of carboxylic acid groups (broad SMARTS) is 1. The van der Waals surface area contributed by atoms with Crippen LogP contribution >= 0.6 is 0 Å². The number of benzene rings is 1. The average molecular weight is 371 g/mol. The van der Waals surface area contributed by atoms with Crippen molar-refractivity contribution in [2.45, 2.75) is 26.3 Å². The number of nitrogens with zero attached hydrogens (tertiary/aromatic N) is 1. The summed E-state index contributed by atoms with van der Waals surface area (Å²) in [6, 6.07) is 5.27. The molecule has 1 aromatic heterocycles. The van der Waals surface area contributed by atoms with Gasteiger partial charge in [-0.3, -0.25) is 9.59 Å². The van der Waals surface area contributed by atoms with Crippen LogP contribution in [0.2, 0.25) is 0 Å². The highest BCUT2D eigenvalue weighted by Crippen LogP contribution is 2.24. The highest BCUT2D eigenvalue weighted by molar-refractivity contribution is 5.97. The van der Waals surface area contributed by atoms with Crippen LogP contribution in [-0.4, -0.2) is 35.3 Å². The molecule has 1 heterocycles. The third-order valence-electron chi connectivity index (χ3n) is 3.48. The Morgan fingerprint density at radius 3 is 2.62 bits per heavy atom. The molecule has 0 aliphatic heterocycles. The Bertz CT molecular complexity index is 813. The van der Waals surface area contributed by atoms with Gasteiger partial charge in [-0.05, 0) is 24.6 Å².